The number of benzene rings is 1. The number of nitrogens with zero attached hydrogens (tertiary/aromatic N) is 4. The number of allylic oxidation sites excluding steroid dienone is 1. The zero-order chi connectivity index (χ0) is 21.3. The van der Waals surface area contributed by atoms with E-state index in [-0.39, 0.29) is 5.70 Å². The molecule has 5 nitrogen and oxygen atoms in total. The number of aromatic nitrogens is 4. The van der Waals surface area contributed by atoms with Gasteiger partial charge in [-0.05, 0) is 25.5 Å². The van der Waals surface area contributed by atoms with Crippen molar-refractivity contribution < 1.29 is 13.2 Å². The molecule has 30 heavy (non-hydrogen) atoms. The zero-order valence-electron chi connectivity index (χ0n) is 16.0. The first-order chi connectivity index (χ1) is 14.5. The van der Waals surface area contributed by atoms with Crippen LogP contribution in [0.15, 0.2) is 42.2 Å². The maximum absolute atomic E-state index is 14.3. The molecule has 0 aliphatic rings. The van der Waals surface area contributed by atoms with Crippen LogP contribution < -0.4 is 5.32 Å². The first-order valence-corrected chi connectivity index (χ1v) is 10.7. The van der Waals surface area contributed by atoms with Gasteiger partial charge in [0.15, 0.2) is 16.8 Å². The molecule has 0 aliphatic heterocycles. The van der Waals surface area contributed by atoms with Crippen LogP contribution in [-0.2, 0) is 0 Å². The lowest BCUT2D eigenvalue weighted by molar-refractivity contribution is 0.491. The normalized spacial score (nSPS) is 11.8. The van der Waals surface area contributed by atoms with E-state index in [1.807, 2.05) is 25.4 Å². The third kappa shape index (κ3) is 3.88. The van der Waals surface area contributed by atoms with Gasteiger partial charge in [-0.3, -0.25) is 0 Å². The standard InChI is InChI=1S/C20H16F3N5S2/c1-3-4-15(17-13(21)5-6-14(22)18(17)23)26-19-25-9-16(30-19)12-10-28(27-11(12)2)20-24-7-8-29-20/h4-10H,3H2,1-2H3,(H,25,26)/b15-4-. The van der Waals surface area contributed by atoms with Gasteiger partial charge in [-0.15, -0.1) is 11.3 Å². The largest absolute Gasteiger partial charge is 0.331 e. The highest BCUT2D eigenvalue weighted by molar-refractivity contribution is 7.19. The summed E-state index contributed by atoms with van der Waals surface area (Å²) in [5, 5.41) is 10.5. The van der Waals surface area contributed by atoms with Crippen LogP contribution in [0, 0.1) is 24.4 Å². The lowest BCUT2D eigenvalue weighted by atomic mass is 10.1. The third-order valence-electron chi connectivity index (χ3n) is 4.25. The van der Waals surface area contributed by atoms with Crippen LogP contribution in [0.1, 0.15) is 24.6 Å². The van der Waals surface area contributed by atoms with E-state index in [1.165, 1.54) is 22.7 Å². The molecule has 0 bridgehead atoms. The average molecular weight is 448 g/mol. The highest BCUT2D eigenvalue weighted by atomic mass is 32.1. The van der Waals surface area contributed by atoms with Crippen molar-refractivity contribution in [1.29, 1.82) is 0 Å². The smallest absolute Gasteiger partial charge is 0.210 e. The summed E-state index contributed by atoms with van der Waals surface area (Å²) < 4.78 is 43.9. The Balaban J connectivity index is 1.65. The first kappa shape index (κ1) is 20.3. The molecule has 3 aromatic heterocycles. The fraction of sp³-hybridized carbons (Fsp3) is 0.150. The molecule has 0 spiro atoms. The van der Waals surface area contributed by atoms with Gasteiger partial charge in [0.2, 0.25) is 5.13 Å². The van der Waals surface area contributed by atoms with Crippen LogP contribution >= 0.6 is 22.7 Å². The quantitative estimate of drug-likeness (QED) is 0.366. The number of nitrogens with one attached hydrogen (secondary N) is 1. The number of hydrogen-bond donors (Lipinski definition) is 1. The first-order valence-electron chi connectivity index (χ1n) is 9.01. The Hall–Kier alpha value is -2.98. The van der Waals surface area contributed by atoms with Crippen molar-refractivity contribution >= 4 is 33.5 Å². The molecule has 4 rings (SSSR count). The van der Waals surface area contributed by atoms with Crippen molar-refractivity contribution in [3.8, 4) is 15.6 Å². The summed E-state index contributed by atoms with van der Waals surface area (Å²) in [6.45, 7) is 3.70. The van der Waals surface area contributed by atoms with Crippen LogP contribution in [0.2, 0.25) is 0 Å². The summed E-state index contributed by atoms with van der Waals surface area (Å²) in [4.78, 5) is 9.38. The molecule has 0 aliphatic carbocycles. The fourth-order valence-electron chi connectivity index (χ4n) is 2.89. The number of thiazole rings is 2. The Morgan fingerprint density at radius 2 is 2.00 bits per heavy atom. The summed E-state index contributed by atoms with van der Waals surface area (Å²) >= 11 is 2.77. The molecule has 0 saturated heterocycles. The lowest BCUT2D eigenvalue weighted by Gasteiger charge is -2.11. The summed E-state index contributed by atoms with van der Waals surface area (Å²) in [5.41, 5.74) is 1.36. The van der Waals surface area contributed by atoms with Gasteiger partial charge in [-0.25, -0.2) is 27.8 Å². The summed E-state index contributed by atoms with van der Waals surface area (Å²) in [7, 11) is 0. The van der Waals surface area contributed by atoms with Gasteiger partial charge < -0.3 is 5.32 Å². The molecule has 0 unspecified atom stereocenters. The van der Waals surface area contributed by atoms with Gasteiger partial charge in [-0.2, -0.15) is 5.10 Å². The highest BCUT2D eigenvalue weighted by Gasteiger charge is 2.19. The van der Waals surface area contributed by atoms with Crippen LogP contribution in [0.25, 0.3) is 21.3 Å². The highest BCUT2D eigenvalue weighted by Crippen LogP contribution is 2.34. The maximum Gasteiger partial charge on any atom is 0.210 e. The third-order valence-corrected chi connectivity index (χ3v) is 5.96. The lowest BCUT2D eigenvalue weighted by Crippen LogP contribution is -2.05. The minimum Gasteiger partial charge on any atom is -0.331 e. The Bertz CT molecular complexity index is 1210. The SMILES string of the molecule is CC/C=C(\Nc1ncc(-c2cn(-c3nccs3)nc2C)s1)c1c(F)ccc(F)c1F. The number of hydrogen-bond acceptors (Lipinski definition) is 6. The van der Waals surface area contributed by atoms with E-state index in [1.54, 1.807) is 23.2 Å². The van der Waals surface area contributed by atoms with E-state index in [2.05, 4.69) is 20.4 Å². The molecule has 0 atom stereocenters. The van der Waals surface area contributed by atoms with Crippen LogP contribution in [0.4, 0.5) is 18.3 Å². The Morgan fingerprint density at radius 3 is 2.73 bits per heavy atom. The predicted molar refractivity (Wildman–Crippen MR) is 113 cm³/mol. The van der Waals surface area contributed by atoms with E-state index in [0.29, 0.717) is 11.6 Å². The molecule has 1 N–H and O–H groups in total. The molecule has 10 heteroatoms. The van der Waals surface area contributed by atoms with E-state index in [9.17, 15) is 13.2 Å². The molecule has 1 aromatic carbocycles. The van der Waals surface area contributed by atoms with Gasteiger partial charge in [0.1, 0.15) is 5.82 Å². The van der Waals surface area contributed by atoms with Crippen molar-refractivity contribution in [3.63, 3.8) is 0 Å². The van der Waals surface area contributed by atoms with Gasteiger partial charge in [0.05, 0.1) is 16.1 Å². The van der Waals surface area contributed by atoms with E-state index in [0.717, 1.165) is 33.4 Å². The molecule has 154 valence electrons. The minimum absolute atomic E-state index is 0.128. The molecule has 0 amide bonds. The van der Waals surface area contributed by atoms with Crippen LogP contribution in [-0.4, -0.2) is 19.7 Å². The van der Waals surface area contributed by atoms with Gasteiger partial charge >= 0.3 is 0 Å². The van der Waals surface area contributed by atoms with Crippen LogP contribution in [0.5, 0.6) is 0 Å². The Kier molecular flexibility index (Phi) is 5.69. The molecule has 0 saturated carbocycles. The monoisotopic (exact) mass is 447 g/mol. The fourth-order valence-corrected chi connectivity index (χ4v) is 4.35. The molecule has 4 aromatic rings. The Morgan fingerprint density at radius 1 is 1.20 bits per heavy atom. The van der Waals surface area contributed by atoms with Crippen molar-refractivity contribution in [2.75, 3.05) is 5.32 Å². The number of aryl methyl sites for hydroxylation is 1. The molecule has 0 radical (unpaired) electrons. The second-order valence-corrected chi connectivity index (χ2v) is 8.19. The molecular formula is C20H16F3N5S2. The molecule has 0 fully saturated rings. The van der Waals surface area contributed by atoms with Gasteiger partial charge in [0.25, 0.3) is 0 Å². The molecule has 3 heterocycles. The maximum atomic E-state index is 14.3. The predicted octanol–water partition coefficient (Wildman–Crippen LogP) is 6.04. The Labute approximate surface area is 178 Å². The van der Waals surface area contributed by atoms with Crippen LogP contribution in [0.3, 0.4) is 0 Å². The molecular weight excluding hydrogens is 431 g/mol. The van der Waals surface area contributed by atoms with Gasteiger partial charge in [0, 0.05) is 35.2 Å². The van der Waals surface area contributed by atoms with Crippen molar-refractivity contribution in [1.82, 2.24) is 19.7 Å². The zero-order valence-corrected chi connectivity index (χ0v) is 17.6. The number of anilines is 1. The van der Waals surface area contributed by atoms with E-state index < -0.39 is 23.0 Å². The number of halogens is 3. The minimum atomic E-state index is -1.24. The summed E-state index contributed by atoms with van der Waals surface area (Å²) in [5.74, 6) is -3.20. The second kappa shape index (κ2) is 8.41. The van der Waals surface area contributed by atoms with Crippen molar-refractivity contribution in [2.24, 2.45) is 0 Å². The van der Waals surface area contributed by atoms with E-state index >= 15 is 0 Å². The topological polar surface area (TPSA) is 55.6 Å². The van der Waals surface area contributed by atoms with Crippen molar-refractivity contribution in [3.05, 3.63) is 70.9 Å². The summed E-state index contributed by atoms with van der Waals surface area (Å²) in [6.07, 6.45) is 7.31. The van der Waals surface area contributed by atoms with E-state index in [4.69, 9.17) is 0 Å². The van der Waals surface area contributed by atoms with Gasteiger partial charge in [-0.1, -0.05) is 24.3 Å². The second-order valence-electron chi connectivity index (χ2n) is 6.29. The number of rotatable bonds is 6. The average Bonchev–Trinajstić information content (AvgIpc) is 3.46. The summed E-state index contributed by atoms with van der Waals surface area (Å²) in [6, 6.07) is 1.67. The van der Waals surface area contributed by atoms with Crippen molar-refractivity contribution in [2.45, 2.75) is 20.3 Å².